The monoisotopic (exact) mass is 456 g/mol. The van der Waals surface area contributed by atoms with Crippen LogP contribution in [-0.2, 0) is 14.3 Å². The molecule has 0 aliphatic carbocycles. The Bertz CT molecular complexity index is 454. The minimum Gasteiger partial charge on any atom is -0.381 e. The summed E-state index contributed by atoms with van der Waals surface area (Å²) in [6.07, 6.45) is 8.96. The predicted octanol–water partition coefficient (Wildman–Crippen LogP) is 5.87. The SMILES string of the molecule is CCC(=O)N(C)CCOCCCC(C)(C)CC(C)CN(C)CCCOCCCCC(C)C. The van der Waals surface area contributed by atoms with E-state index in [2.05, 4.69) is 46.6 Å². The second kappa shape index (κ2) is 18.7. The van der Waals surface area contributed by atoms with E-state index in [1.807, 2.05) is 14.0 Å². The third-order valence-electron chi connectivity index (χ3n) is 6.11. The third kappa shape index (κ3) is 18.9. The average Bonchev–Trinajstić information content (AvgIpc) is 2.70. The molecule has 0 spiro atoms. The largest absolute Gasteiger partial charge is 0.381 e. The summed E-state index contributed by atoms with van der Waals surface area (Å²) in [5.41, 5.74) is 0.331. The zero-order valence-electron chi connectivity index (χ0n) is 22.9. The highest BCUT2D eigenvalue weighted by Crippen LogP contribution is 2.30. The van der Waals surface area contributed by atoms with Crippen LogP contribution in [0.25, 0.3) is 0 Å². The lowest BCUT2D eigenvalue weighted by molar-refractivity contribution is -0.130. The Morgan fingerprint density at radius 2 is 1.50 bits per heavy atom. The van der Waals surface area contributed by atoms with E-state index in [1.54, 1.807) is 4.90 Å². The highest BCUT2D eigenvalue weighted by atomic mass is 16.5. The number of nitrogens with zero attached hydrogens (tertiary/aromatic N) is 2. The molecule has 0 heterocycles. The molecule has 0 aliphatic rings. The van der Waals surface area contributed by atoms with Gasteiger partial charge in [0.15, 0.2) is 0 Å². The van der Waals surface area contributed by atoms with E-state index in [0.29, 0.717) is 30.9 Å². The van der Waals surface area contributed by atoms with Crippen molar-refractivity contribution in [2.75, 3.05) is 60.2 Å². The molecule has 192 valence electrons. The second-order valence-corrected chi connectivity index (χ2v) is 11.0. The van der Waals surface area contributed by atoms with Crippen molar-refractivity contribution in [3.63, 3.8) is 0 Å². The molecule has 1 amide bonds. The number of likely N-dealkylation sites (N-methyl/N-ethyl adjacent to an activating group) is 1. The molecule has 0 aromatic heterocycles. The molecule has 0 aliphatic heterocycles. The Kier molecular flexibility index (Phi) is 18.4. The maximum atomic E-state index is 11.5. The van der Waals surface area contributed by atoms with Crippen molar-refractivity contribution >= 4 is 5.91 Å². The molecule has 0 saturated carbocycles. The van der Waals surface area contributed by atoms with Crippen molar-refractivity contribution in [3.05, 3.63) is 0 Å². The zero-order valence-corrected chi connectivity index (χ0v) is 22.9. The summed E-state index contributed by atoms with van der Waals surface area (Å²) < 4.78 is 11.5. The molecule has 0 N–H and O–H groups in total. The van der Waals surface area contributed by atoms with E-state index < -0.39 is 0 Å². The normalized spacial score (nSPS) is 13.2. The first-order valence-corrected chi connectivity index (χ1v) is 13.2. The molecule has 0 radical (unpaired) electrons. The molecular weight excluding hydrogens is 400 g/mol. The minimum atomic E-state index is 0.179. The summed E-state index contributed by atoms with van der Waals surface area (Å²) in [5.74, 6) is 1.67. The van der Waals surface area contributed by atoms with Crippen molar-refractivity contribution in [1.29, 1.82) is 0 Å². The van der Waals surface area contributed by atoms with E-state index in [-0.39, 0.29) is 5.91 Å². The topological polar surface area (TPSA) is 42.0 Å². The van der Waals surface area contributed by atoms with Crippen LogP contribution >= 0.6 is 0 Å². The Balaban J connectivity index is 3.77. The molecule has 0 rings (SSSR count). The van der Waals surface area contributed by atoms with Crippen molar-refractivity contribution in [3.8, 4) is 0 Å². The van der Waals surface area contributed by atoms with Crippen molar-refractivity contribution in [1.82, 2.24) is 9.80 Å². The molecule has 0 fully saturated rings. The molecule has 0 bridgehead atoms. The van der Waals surface area contributed by atoms with Gasteiger partial charge in [0.05, 0.1) is 6.61 Å². The highest BCUT2D eigenvalue weighted by molar-refractivity contribution is 5.75. The molecule has 0 aromatic carbocycles. The molecule has 1 atom stereocenters. The quantitative estimate of drug-likeness (QED) is 0.203. The van der Waals surface area contributed by atoms with Crippen LogP contribution in [0.1, 0.15) is 92.9 Å². The number of rotatable bonds is 21. The first-order chi connectivity index (χ1) is 15.1. The summed E-state index contributed by atoms with van der Waals surface area (Å²) in [5, 5.41) is 0. The van der Waals surface area contributed by atoms with Crippen LogP contribution in [-0.4, -0.2) is 75.9 Å². The van der Waals surface area contributed by atoms with Gasteiger partial charge in [0, 0.05) is 52.9 Å². The predicted molar refractivity (Wildman–Crippen MR) is 137 cm³/mol. The molecular formula is C27H56N2O3. The summed E-state index contributed by atoms with van der Waals surface area (Å²) in [6.45, 7) is 19.7. The maximum Gasteiger partial charge on any atom is 0.222 e. The summed E-state index contributed by atoms with van der Waals surface area (Å²) in [7, 11) is 4.08. The van der Waals surface area contributed by atoms with E-state index in [4.69, 9.17) is 9.47 Å². The van der Waals surface area contributed by atoms with Gasteiger partial charge >= 0.3 is 0 Å². The lowest BCUT2D eigenvalue weighted by Crippen LogP contribution is -2.29. The van der Waals surface area contributed by atoms with E-state index in [0.717, 1.165) is 51.7 Å². The first-order valence-electron chi connectivity index (χ1n) is 13.2. The fourth-order valence-electron chi connectivity index (χ4n) is 4.38. The van der Waals surface area contributed by atoms with E-state index in [9.17, 15) is 4.79 Å². The molecule has 5 nitrogen and oxygen atoms in total. The Morgan fingerprint density at radius 3 is 2.16 bits per heavy atom. The van der Waals surface area contributed by atoms with Gasteiger partial charge < -0.3 is 19.3 Å². The number of ether oxygens (including phenoxy) is 2. The van der Waals surface area contributed by atoms with Gasteiger partial charge in [0.2, 0.25) is 5.91 Å². The Hall–Kier alpha value is -0.650. The first kappa shape index (κ1) is 31.4. The second-order valence-electron chi connectivity index (χ2n) is 11.0. The van der Waals surface area contributed by atoms with Crippen LogP contribution < -0.4 is 0 Å². The average molecular weight is 457 g/mol. The molecule has 1 unspecified atom stereocenters. The van der Waals surface area contributed by atoms with Crippen LogP contribution in [0.5, 0.6) is 0 Å². The minimum absolute atomic E-state index is 0.179. The number of hydrogen-bond acceptors (Lipinski definition) is 4. The fraction of sp³-hybridized carbons (Fsp3) is 0.963. The van der Waals surface area contributed by atoms with Crippen molar-refractivity contribution < 1.29 is 14.3 Å². The number of carbonyl (C=O) groups is 1. The molecule has 0 saturated heterocycles. The summed E-state index contributed by atoms with van der Waals surface area (Å²) >= 11 is 0. The van der Waals surface area contributed by atoms with Gasteiger partial charge in [-0.05, 0) is 56.4 Å². The maximum absolute atomic E-state index is 11.5. The van der Waals surface area contributed by atoms with E-state index >= 15 is 0 Å². The van der Waals surface area contributed by atoms with Crippen LogP contribution in [0.2, 0.25) is 0 Å². The number of carbonyl (C=O) groups excluding carboxylic acids is 1. The standard InChI is InChI=1S/C27H56N2O3/c1-9-26(30)29(8)17-21-32-19-12-15-27(5,6)22-25(4)23-28(7)16-13-20-31-18-11-10-14-24(2)3/h24-25H,9-23H2,1-8H3. The fourth-order valence-corrected chi connectivity index (χ4v) is 4.38. The van der Waals surface area contributed by atoms with Crippen LogP contribution in [0.3, 0.4) is 0 Å². The van der Waals surface area contributed by atoms with Crippen molar-refractivity contribution in [2.24, 2.45) is 17.3 Å². The molecule has 0 aromatic rings. The molecule has 5 heteroatoms. The number of unbranched alkanes of at least 4 members (excludes halogenated alkanes) is 1. The van der Waals surface area contributed by atoms with Crippen molar-refractivity contribution in [2.45, 2.75) is 92.9 Å². The smallest absolute Gasteiger partial charge is 0.222 e. The van der Waals surface area contributed by atoms with Crippen LogP contribution in [0.4, 0.5) is 0 Å². The van der Waals surface area contributed by atoms with Crippen LogP contribution in [0.15, 0.2) is 0 Å². The highest BCUT2D eigenvalue weighted by Gasteiger charge is 2.21. The summed E-state index contributed by atoms with van der Waals surface area (Å²) in [4.78, 5) is 15.8. The number of amides is 1. The van der Waals surface area contributed by atoms with Gasteiger partial charge in [-0.3, -0.25) is 4.79 Å². The lowest BCUT2D eigenvalue weighted by atomic mass is 9.79. The van der Waals surface area contributed by atoms with Gasteiger partial charge in [0.1, 0.15) is 0 Å². The molecule has 32 heavy (non-hydrogen) atoms. The number of hydrogen-bond donors (Lipinski definition) is 0. The van der Waals surface area contributed by atoms with E-state index in [1.165, 1.54) is 32.1 Å². The zero-order chi connectivity index (χ0) is 24.4. The van der Waals surface area contributed by atoms with Gasteiger partial charge in [-0.2, -0.15) is 0 Å². The Labute approximate surface area is 200 Å². The van der Waals surface area contributed by atoms with Gasteiger partial charge in [-0.1, -0.05) is 54.4 Å². The van der Waals surface area contributed by atoms with Gasteiger partial charge in [-0.15, -0.1) is 0 Å². The third-order valence-corrected chi connectivity index (χ3v) is 6.11. The summed E-state index contributed by atoms with van der Waals surface area (Å²) in [6, 6.07) is 0. The van der Waals surface area contributed by atoms with Gasteiger partial charge in [-0.25, -0.2) is 0 Å². The van der Waals surface area contributed by atoms with Gasteiger partial charge in [0.25, 0.3) is 0 Å². The van der Waals surface area contributed by atoms with Crippen LogP contribution in [0, 0.1) is 17.3 Å². The Morgan fingerprint density at radius 1 is 0.875 bits per heavy atom. The lowest BCUT2D eigenvalue weighted by Gasteiger charge is -2.30.